The Kier molecular flexibility index (Phi) is 3.67. The van der Waals surface area contributed by atoms with E-state index in [-0.39, 0.29) is 0 Å². The van der Waals surface area contributed by atoms with E-state index in [1.54, 1.807) is 5.56 Å². The molecule has 2 aliphatic rings. The molecule has 2 unspecified atom stereocenters. The van der Waals surface area contributed by atoms with Gasteiger partial charge in [0.1, 0.15) is 0 Å². The second-order valence-corrected chi connectivity index (χ2v) is 7.34. The number of thioether (sulfide) groups is 1. The number of likely N-dealkylation sites (tertiary alicyclic amines) is 1. The smallest absolute Gasteiger partial charge is 0.0263 e. The van der Waals surface area contributed by atoms with E-state index in [0.29, 0.717) is 0 Å². The average molecular weight is 261 g/mol. The normalized spacial score (nSPS) is 27.9. The van der Waals surface area contributed by atoms with Gasteiger partial charge in [0.2, 0.25) is 0 Å². The third-order valence-electron chi connectivity index (χ3n) is 4.34. The van der Waals surface area contributed by atoms with Gasteiger partial charge in [-0.25, -0.2) is 0 Å². The predicted molar refractivity (Wildman–Crippen MR) is 79.2 cm³/mol. The van der Waals surface area contributed by atoms with Crippen molar-refractivity contribution < 1.29 is 0 Å². The molecule has 3 rings (SSSR count). The molecule has 0 saturated carbocycles. The molecule has 1 saturated heterocycles. The molecule has 18 heavy (non-hydrogen) atoms. The van der Waals surface area contributed by atoms with Crippen molar-refractivity contribution in [1.82, 2.24) is 4.90 Å². The Hall–Kier alpha value is -0.470. The van der Waals surface area contributed by atoms with E-state index in [4.69, 9.17) is 0 Å². The summed E-state index contributed by atoms with van der Waals surface area (Å²) in [6.45, 7) is 7.34. The molecular formula is C16H23NS. The van der Waals surface area contributed by atoms with Crippen molar-refractivity contribution in [2.75, 3.05) is 13.1 Å². The van der Waals surface area contributed by atoms with Crippen molar-refractivity contribution in [3.05, 3.63) is 29.8 Å². The summed E-state index contributed by atoms with van der Waals surface area (Å²) in [5, 5.41) is 0.779. The van der Waals surface area contributed by atoms with E-state index in [1.807, 2.05) is 0 Å². The van der Waals surface area contributed by atoms with Gasteiger partial charge in [-0.3, -0.25) is 4.90 Å². The number of nitrogens with zero attached hydrogens (tertiary/aromatic N) is 1. The third-order valence-corrected chi connectivity index (χ3v) is 5.64. The van der Waals surface area contributed by atoms with E-state index < -0.39 is 0 Å². The molecule has 2 atom stereocenters. The molecule has 0 amide bonds. The summed E-state index contributed by atoms with van der Waals surface area (Å²) in [7, 11) is 0. The SMILES string of the molecule is CC(C)C1CCCN1CC1Cc2ccccc2S1. The Bertz CT molecular complexity index is 390. The van der Waals surface area contributed by atoms with Crippen LogP contribution in [-0.2, 0) is 6.42 Å². The summed E-state index contributed by atoms with van der Waals surface area (Å²) in [4.78, 5) is 4.26. The molecule has 2 heterocycles. The fraction of sp³-hybridized carbons (Fsp3) is 0.625. The number of rotatable bonds is 3. The minimum Gasteiger partial charge on any atom is -0.299 e. The first-order valence-electron chi connectivity index (χ1n) is 7.22. The molecule has 0 spiro atoms. The van der Waals surface area contributed by atoms with Gasteiger partial charge in [-0.1, -0.05) is 32.0 Å². The van der Waals surface area contributed by atoms with Gasteiger partial charge in [-0.15, -0.1) is 11.8 Å². The van der Waals surface area contributed by atoms with Crippen LogP contribution in [0.2, 0.25) is 0 Å². The van der Waals surface area contributed by atoms with Gasteiger partial charge >= 0.3 is 0 Å². The van der Waals surface area contributed by atoms with Crippen LogP contribution in [0, 0.1) is 5.92 Å². The first kappa shape index (κ1) is 12.6. The van der Waals surface area contributed by atoms with Gasteiger partial charge < -0.3 is 0 Å². The zero-order chi connectivity index (χ0) is 12.5. The van der Waals surface area contributed by atoms with E-state index >= 15 is 0 Å². The quantitative estimate of drug-likeness (QED) is 0.813. The van der Waals surface area contributed by atoms with Crippen LogP contribution in [0.15, 0.2) is 29.2 Å². The van der Waals surface area contributed by atoms with Gasteiger partial charge in [0, 0.05) is 22.7 Å². The molecule has 1 fully saturated rings. The maximum atomic E-state index is 2.74. The molecular weight excluding hydrogens is 238 g/mol. The summed E-state index contributed by atoms with van der Waals surface area (Å²) in [5.74, 6) is 0.807. The number of hydrogen-bond donors (Lipinski definition) is 0. The summed E-state index contributed by atoms with van der Waals surface area (Å²) < 4.78 is 0. The van der Waals surface area contributed by atoms with E-state index in [9.17, 15) is 0 Å². The number of hydrogen-bond acceptors (Lipinski definition) is 2. The molecule has 0 aromatic heterocycles. The van der Waals surface area contributed by atoms with Crippen LogP contribution in [-0.4, -0.2) is 29.3 Å². The topological polar surface area (TPSA) is 3.24 Å². The Balaban J connectivity index is 1.62. The van der Waals surface area contributed by atoms with Crippen LogP contribution in [0.3, 0.4) is 0 Å². The summed E-state index contributed by atoms with van der Waals surface area (Å²) in [5.41, 5.74) is 1.56. The van der Waals surface area contributed by atoms with E-state index in [1.165, 1.54) is 37.2 Å². The Morgan fingerprint density at radius 2 is 2.17 bits per heavy atom. The first-order valence-corrected chi connectivity index (χ1v) is 8.10. The molecule has 1 aromatic carbocycles. The second kappa shape index (κ2) is 5.26. The largest absolute Gasteiger partial charge is 0.299 e. The minimum absolute atomic E-state index is 0.779. The van der Waals surface area contributed by atoms with Crippen molar-refractivity contribution >= 4 is 11.8 Å². The fourth-order valence-corrected chi connectivity index (χ4v) is 4.80. The van der Waals surface area contributed by atoms with Crippen LogP contribution in [0.1, 0.15) is 32.3 Å². The molecule has 2 aliphatic heterocycles. The van der Waals surface area contributed by atoms with Crippen LogP contribution in [0.25, 0.3) is 0 Å². The van der Waals surface area contributed by atoms with Crippen molar-refractivity contribution in [2.45, 2.75) is 49.3 Å². The Morgan fingerprint density at radius 1 is 1.33 bits per heavy atom. The monoisotopic (exact) mass is 261 g/mol. The molecule has 0 aliphatic carbocycles. The van der Waals surface area contributed by atoms with Gasteiger partial charge in [0.15, 0.2) is 0 Å². The molecule has 0 radical (unpaired) electrons. The highest BCUT2D eigenvalue weighted by molar-refractivity contribution is 8.00. The van der Waals surface area contributed by atoms with Gasteiger partial charge in [0.25, 0.3) is 0 Å². The van der Waals surface area contributed by atoms with Crippen LogP contribution in [0.5, 0.6) is 0 Å². The number of fused-ring (bicyclic) bond motifs is 1. The van der Waals surface area contributed by atoms with E-state index in [2.05, 4.69) is 54.8 Å². The van der Waals surface area contributed by atoms with Gasteiger partial charge in [0.05, 0.1) is 0 Å². The maximum absolute atomic E-state index is 2.74. The maximum Gasteiger partial charge on any atom is 0.0263 e. The molecule has 98 valence electrons. The first-order chi connectivity index (χ1) is 8.74. The van der Waals surface area contributed by atoms with Crippen molar-refractivity contribution in [3.8, 4) is 0 Å². The highest BCUT2D eigenvalue weighted by Gasteiger charge is 2.31. The summed E-state index contributed by atoms with van der Waals surface area (Å²) in [6, 6.07) is 9.75. The van der Waals surface area contributed by atoms with Gasteiger partial charge in [-0.05, 0) is 43.4 Å². The summed E-state index contributed by atoms with van der Waals surface area (Å²) >= 11 is 2.10. The predicted octanol–water partition coefficient (Wildman–Crippen LogP) is 3.82. The minimum atomic E-state index is 0.779. The second-order valence-electron chi connectivity index (χ2n) is 6.00. The van der Waals surface area contributed by atoms with E-state index in [0.717, 1.165) is 17.2 Å². The molecule has 0 N–H and O–H groups in total. The van der Waals surface area contributed by atoms with Crippen LogP contribution >= 0.6 is 11.8 Å². The van der Waals surface area contributed by atoms with Crippen LogP contribution < -0.4 is 0 Å². The summed E-state index contributed by atoms with van der Waals surface area (Å²) in [6.07, 6.45) is 4.07. The zero-order valence-electron chi connectivity index (χ0n) is 11.4. The van der Waals surface area contributed by atoms with Crippen molar-refractivity contribution in [1.29, 1.82) is 0 Å². The molecule has 0 bridgehead atoms. The molecule has 1 nitrogen and oxygen atoms in total. The Labute approximate surface area is 115 Å². The lowest BCUT2D eigenvalue weighted by molar-refractivity contribution is 0.207. The van der Waals surface area contributed by atoms with Crippen molar-refractivity contribution in [3.63, 3.8) is 0 Å². The molecule has 1 aromatic rings. The lowest BCUT2D eigenvalue weighted by Crippen LogP contribution is -2.38. The fourth-order valence-electron chi connectivity index (χ4n) is 3.45. The third kappa shape index (κ3) is 2.46. The number of benzene rings is 1. The van der Waals surface area contributed by atoms with Crippen molar-refractivity contribution in [2.24, 2.45) is 5.92 Å². The highest BCUT2D eigenvalue weighted by atomic mass is 32.2. The Morgan fingerprint density at radius 3 is 2.94 bits per heavy atom. The lowest BCUT2D eigenvalue weighted by Gasteiger charge is -2.29. The zero-order valence-corrected chi connectivity index (χ0v) is 12.2. The lowest BCUT2D eigenvalue weighted by atomic mass is 10.0. The van der Waals surface area contributed by atoms with Crippen LogP contribution in [0.4, 0.5) is 0 Å². The highest BCUT2D eigenvalue weighted by Crippen LogP contribution is 2.38. The average Bonchev–Trinajstić information content (AvgIpc) is 2.94. The van der Waals surface area contributed by atoms with Gasteiger partial charge in [-0.2, -0.15) is 0 Å². The molecule has 2 heteroatoms. The standard InChI is InChI=1S/C16H23NS/c1-12(2)15-7-5-9-17(15)11-14-10-13-6-3-4-8-16(13)18-14/h3-4,6,8,12,14-15H,5,7,9-11H2,1-2H3.